The Balaban J connectivity index is 1.97. The fraction of sp³-hybridized carbons (Fsp3) is 0.0870. The minimum atomic E-state index is -3.82. The largest absolute Gasteiger partial charge is 0.497 e. The zero-order valence-electron chi connectivity index (χ0n) is 16.0. The molecule has 1 aromatic heterocycles. The van der Waals surface area contributed by atoms with Gasteiger partial charge >= 0.3 is 0 Å². The molecule has 0 radical (unpaired) electrons. The van der Waals surface area contributed by atoms with Gasteiger partial charge in [0, 0.05) is 5.39 Å². The van der Waals surface area contributed by atoms with Crippen molar-refractivity contribution in [2.75, 3.05) is 7.11 Å². The second kappa shape index (κ2) is 7.56. The highest BCUT2D eigenvalue weighted by Crippen LogP contribution is 2.24. The molecule has 5 nitrogen and oxygen atoms in total. The lowest BCUT2D eigenvalue weighted by Gasteiger charge is -2.07. The maximum Gasteiger partial charge on any atom is 0.239 e. The smallest absolute Gasteiger partial charge is 0.239 e. The summed E-state index contributed by atoms with van der Waals surface area (Å²) in [4.78, 5) is 4.69. The summed E-state index contributed by atoms with van der Waals surface area (Å²) in [5.74, 6) is 0.687. The number of ether oxygens (including phenoxy) is 1. The Labute approximate surface area is 168 Å². The molecule has 3 aromatic carbocycles. The lowest BCUT2D eigenvalue weighted by atomic mass is 10.2. The lowest BCUT2D eigenvalue weighted by molar-refractivity contribution is 0.415. The summed E-state index contributed by atoms with van der Waals surface area (Å²) >= 11 is 0. The number of nitrogens with zero attached hydrogens (tertiary/aromatic N) is 1. The highest BCUT2D eigenvalue weighted by atomic mass is 32.2. The first-order chi connectivity index (χ1) is 14.0. The van der Waals surface area contributed by atoms with Crippen molar-refractivity contribution in [1.29, 1.82) is 0 Å². The van der Waals surface area contributed by atoms with Gasteiger partial charge in [-0.1, -0.05) is 35.9 Å². The summed E-state index contributed by atoms with van der Waals surface area (Å²) in [5, 5.41) is 0.687. The third-order valence-electron chi connectivity index (χ3n) is 4.55. The SMILES string of the molecule is COc1ccc(N=c2oc3ccccc3cc2S(=O)(=O)c2ccc(C)cc2)cc1. The van der Waals surface area contributed by atoms with Crippen molar-refractivity contribution in [2.24, 2.45) is 4.99 Å². The number of para-hydroxylation sites is 1. The van der Waals surface area contributed by atoms with Crippen molar-refractivity contribution in [2.45, 2.75) is 16.7 Å². The van der Waals surface area contributed by atoms with Gasteiger partial charge in [-0.25, -0.2) is 13.4 Å². The van der Waals surface area contributed by atoms with E-state index in [4.69, 9.17) is 9.15 Å². The maximum atomic E-state index is 13.4. The van der Waals surface area contributed by atoms with E-state index >= 15 is 0 Å². The van der Waals surface area contributed by atoms with Crippen LogP contribution < -0.4 is 10.3 Å². The fourth-order valence-electron chi connectivity index (χ4n) is 2.94. The number of hydrogen-bond donors (Lipinski definition) is 0. The molecule has 29 heavy (non-hydrogen) atoms. The molecular weight excluding hydrogens is 386 g/mol. The highest BCUT2D eigenvalue weighted by Gasteiger charge is 2.22. The quantitative estimate of drug-likeness (QED) is 0.488. The van der Waals surface area contributed by atoms with Crippen molar-refractivity contribution in [1.82, 2.24) is 0 Å². The molecule has 146 valence electrons. The van der Waals surface area contributed by atoms with Gasteiger partial charge in [0.05, 0.1) is 17.7 Å². The van der Waals surface area contributed by atoms with Crippen LogP contribution in [0.1, 0.15) is 5.56 Å². The predicted octanol–water partition coefficient (Wildman–Crippen LogP) is 4.82. The van der Waals surface area contributed by atoms with Gasteiger partial charge in [-0.2, -0.15) is 0 Å². The summed E-state index contributed by atoms with van der Waals surface area (Å²) in [7, 11) is -2.24. The van der Waals surface area contributed by atoms with Gasteiger partial charge in [-0.3, -0.25) is 0 Å². The van der Waals surface area contributed by atoms with Gasteiger partial charge < -0.3 is 9.15 Å². The molecule has 4 aromatic rings. The van der Waals surface area contributed by atoms with Gasteiger partial charge in [0.25, 0.3) is 0 Å². The Bertz CT molecular complexity index is 1340. The van der Waals surface area contributed by atoms with Crippen LogP contribution in [-0.4, -0.2) is 15.5 Å². The molecule has 0 saturated carbocycles. The molecule has 1 heterocycles. The molecule has 0 amide bonds. The van der Waals surface area contributed by atoms with E-state index in [1.807, 2.05) is 25.1 Å². The molecule has 0 aliphatic heterocycles. The summed E-state index contributed by atoms with van der Waals surface area (Å²) in [6, 6.07) is 22.6. The van der Waals surface area contributed by atoms with E-state index in [2.05, 4.69) is 4.99 Å². The van der Waals surface area contributed by atoms with Crippen molar-refractivity contribution in [3.05, 3.63) is 90.0 Å². The first-order valence-corrected chi connectivity index (χ1v) is 10.5. The lowest BCUT2D eigenvalue weighted by Crippen LogP contribution is -2.15. The molecular formula is C23H19NO4S. The van der Waals surface area contributed by atoms with E-state index in [0.717, 1.165) is 5.56 Å². The van der Waals surface area contributed by atoms with E-state index in [9.17, 15) is 8.42 Å². The number of fused-ring (bicyclic) bond motifs is 1. The summed E-state index contributed by atoms with van der Waals surface area (Å²) in [6.45, 7) is 1.91. The maximum absolute atomic E-state index is 13.4. The molecule has 0 aliphatic carbocycles. The van der Waals surface area contributed by atoms with Gasteiger partial charge in [0.1, 0.15) is 16.2 Å². The average Bonchev–Trinajstić information content (AvgIpc) is 2.74. The minimum Gasteiger partial charge on any atom is -0.497 e. The standard InChI is InChI=1S/C23H19NO4S/c1-16-7-13-20(14-8-16)29(25,26)22-15-17-5-3-4-6-21(17)28-23(22)24-18-9-11-19(27-2)12-10-18/h3-15H,1-2H3. The monoisotopic (exact) mass is 405 g/mol. The third-order valence-corrected chi connectivity index (χ3v) is 6.31. The minimum absolute atomic E-state index is 0.0240. The first-order valence-electron chi connectivity index (χ1n) is 9.01. The Kier molecular flexibility index (Phi) is 4.94. The number of methoxy groups -OCH3 is 1. The Morgan fingerprint density at radius 1 is 0.897 bits per heavy atom. The van der Waals surface area contributed by atoms with E-state index in [-0.39, 0.29) is 15.3 Å². The van der Waals surface area contributed by atoms with Crippen LogP contribution in [-0.2, 0) is 9.84 Å². The molecule has 6 heteroatoms. The molecule has 0 spiro atoms. The van der Waals surface area contributed by atoms with Gasteiger partial charge in [0.2, 0.25) is 15.4 Å². The average molecular weight is 405 g/mol. The summed E-state index contributed by atoms with van der Waals surface area (Å²) < 4.78 is 37.8. The van der Waals surface area contributed by atoms with Gasteiger partial charge in [-0.05, 0) is 55.5 Å². The predicted molar refractivity (Wildman–Crippen MR) is 111 cm³/mol. The molecule has 4 rings (SSSR count). The molecule has 0 unspecified atom stereocenters. The number of rotatable bonds is 4. The van der Waals surface area contributed by atoms with Crippen LogP contribution in [0.4, 0.5) is 5.69 Å². The van der Waals surface area contributed by atoms with Crippen LogP contribution >= 0.6 is 0 Å². The van der Waals surface area contributed by atoms with Crippen molar-refractivity contribution in [3.63, 3.8) is 0 Å². The highest BCUT2D eigenvalue weighted by molar-refractivity contribution is 7.91. The molecule has 0 bridgehead atoms. The van der Waals surface area contributed by atoms with Crippen LogP contribution in [0.3, 0.4) is 0 Å². The van der Waals surface area contributed by atoms with Crippen LogP contribution in [0.5, 0.6) is 5.75 Å². The van der Waals surface area contributed by atoms with E-state index in [1.165, 1.54) is 0 Å². The first kappa shape index (κ1) is 19.0. The number of sulfone groups is 1. The molecule has 0 saturated heterocycles. The van der Waals surface area contributed by atoms with Gasteiger partial charge in [-0.15, -0.1) is 0 Å². The Hall–Kier alpha value is -3.38. The number of aryl methyl sites for hydroxylation is 1. The van der Waals surface area contributed by atoms with E-state index in [1.54, 1.807) is 67.8 Å². The van der Waals surface area contributed by atoms with E-state index in [0.29, 0.717) is 22.4 Å². The Morgan fingerprint density at radius 2 is 1.59 bits per heavy atom. The number of benzene rings is 3. The van der Waals surface area contributed by atoms with Crippen molar-refractivity contribution in [3.8, 4) is 5.75 Å². The van der Waals surface area contributed by atoms with Crippen LogP contribution in [0.15, 0.2) is 98.1 Å². The van der Waals surface area contributed by atoms with Gasteiger partial charge in [0.15, 0.2) is 0 Å². The fourth-order valence-corrected chi connectivity index (χ4v) is 4.29. The summed E-state index contributed by atoms with van der Waals surface area (Å²) in [6.07, 6.45) is 0. The normalized spacial score (nSPS) is 12.3. The zero-order valence-corrected chi connectivity index (χ0v) is 16.8. The molecule has 0 N–H and O–H groups in total. The molecule has 0 fully saturated rings. The van der Waals surface area contributed by atoms with Crippen LogP contribution in [0.25, 0.3) is 11.0 Å². The molecule has 0 aliphatic rings. The van der Waals surface area contributed by atoms with E-state index < -0.39 is 9.84 Å². The van der Waals surface area contributed by atoms with Crippen LogP contribution in [0.2, 0.25) is 0 Å². The zero-order chi connectivity index (χ0) is 20.4. The Morgan fingerprint density at radius 3 is 2.28 bits per heavy atom. The second-order valence-corrected chi connectivity index (χ2v) is 8.50. The van der Waals surface area contributed by atoms with Crippen molar-refractivity contribution >= 4 is 26.5 Å². The third kappa shape index (κ3) is 3.79. The topological polar surface area (TPSA) is 68.9 Å². The van der Waals surface area contributed by atoms with Crippen molar-refractivity contribution < 1.29 is 17.6 Å². The number of hydrogen-bond acceptors (Lipinski definition) is 5. The second-order valence-electron chi connectivity index (χ2n) is 6.58. The van der Waals surface area contributed by atoms with Crippen LogP contribution in [0, 0.1) is 6.92 Å². The summed E-state index contributed by atoms with van der Waals surface area (Å²) in [5.41, 5.74) is 2.14. The molecule has 0 atom stereocenters.